The highest BCUT2D eigenvalue weighted by Crippen LogP contribution is 2.35. The minimum atomic E-state index is -3.92. The zero-order chi connectivity index (χ0) is 21.3. The molecule has 0 spiro atoms. The lowest BCUT2D eigenvalue weighted by atomic mass is 10.1. The molecule has 1 aliphatic heterocycles. The van der Waals surface area contributed by atoms with Gasteiger partial charge in [-0.25, -0.2) is 13.2 Å². The Hall–Kier alpha value is -2.83. The van der Waals surface area contributed by atoms with E-state index in [1.165, 1.54) is 22.5 Å². The standard InChI is InChI=1S/C23H20ClNO4S/c1-16-5-4-6-17(13-16)15-29-23(26)19-9-10-20(24)22(14-19)30(27,28)25-12-11-18-7-2-3-8-21(18)25/h2-10,13-14H,11-12,15H2,1H3. The smallest absolute Gasteiger partial charge is 0.338 e. The molecular weight excluding hydrogens is 422 g/mol. The molecule has 1 heterocycles. The molecule has 0 aliphatic carbocycles. The van der Waals surface area contributed by atoms with Gasteiger partial charge in [-0.15, -0.1) is 0 Å². The molecule has 0 N–H and O–H groups in total. The van der Waals surface area contributed by atoms with Crippen molar-refractivity contribution in [2.75, 3.05) is 10.8 Å². The first kappa shape index (κ1) is 20.4. The van der Waals surface area contributed by atoms with Crippen LogP contribution in [0, 0.1) is 6.92 Å². The average Bonchev–Trinajstić information content (AvgIpc) is 3.17. The summed E-state index contributed by atoms with van der Waals surface area (Å²) in [4.78, 5) is 12.4. The molecular formula is C23H20ClNO4S. The minimum absolute atomic E-state index is 0.0645. The average molecular weight is 442 g/mol. The second-order valence-corrected chi connectivity index (χ2v) is 9.40. The Balaban J connectivity index is 1.59. The van der Waals surface area contributed by atoms with Crippen LogP contribution in [0.5, 0.6) is 0 Å². The fourth-order valence-corrected chi connectivity index (χ4v) is 5.55. The number of hydrogen-bond donors (Lipinski definition) is 0. The first-order valence-corrected chi connectivity index (χ1v) is 11.3. The van der Waals surface area contributed by atoms with Gasteiger partial charge in [0.2, 0.25) is 0 Å². The van der Waals surface area contributed by atoms with Crippen molar-refractivity contribution in [3.8, 4) is 0 Å². The maximum atomic E-state index is 13.3. The van der Waals surface area contributed by atoms with E-state index >= 15 is 0 Å². The van der Waals surface area contributed by atoms with Gasteiger partial charge in [0.15, 0.2) is 0 Å². The largest absolute Gasteiger partial charge is 0.457 e. The van der Waals surface area contributed by atoms with Crippen LogP contribution in [0.15, 0.2) is 71.6 Å². The number of para-hydroxylation sites is 1. The number of hydrogen-bond acceptors (Lipinski definition) is 4. The van der Waals surface area contributed by atoms with E-state index in [2.05, 4.69) is 0 Å². The molecule has 30 heavy (non-hydrogen) atoms. The Bertz CT molecular complexity index is 1220. The number of anilines is 1. The summed E-state index contributed by atoms with van der Waals surface area (Å²) in [5.41, 5.74) is 3.66. The van der Waals surface area contributed by atoms with Gasteiger partial charge in [-0.3, -0.25) is 4.31 Å². The Morgan fingerprint density at radius 3 is 2.67 bits per heavy atom. The molecule has 0 saturated heterocycles. The fourth-order valence-electron chi connectivity index (χ4n) is 3.54. The van der Waals surface area contributed by atoms with Crippen molar-refractivity contribution >= 4 is 33.3 Å². The maximum Gasteiger partial charge on any atom is 0.338 e. The molecule has 7 heteroatoms. The molecule has 4 rings (SSSR count). The zero-order valence-corrected chi connectivity index (χ0v) is 17.9. The van der Waals surface area contributed by atoms with E-state index in [0.717, 1.165) is 16.7 Å². The van der Waals surface area contributed by atoms with Crippen LogP contribution in [0.25, 0.3) is 0 Å². The molecule has 154 valence electrons. The van der Waals surface area contributed by atoms with Crippen molar-refractivity contribution in [1.29, 1.82) is 0 Å². The van der Waals surface area contributed by atoms with Gasteiger partial charge in [-0.1, -0.05) is 59.6 Å². The third-order valence-corrected chi connectivity index (χ3v) is 7.33. The number of sulfonamides is 1. The lowest BCUT2D eigenvalue weighted by Gasteiger charge is -2.20. The maximum absolute atomic E-state index is 13.3. The summed E-state index contributed by atoms with van der Waals surface area (Å²) in [5.74, 6) is -0.605. The van der Waals surface area contributed by atoms with Crippen molar-refractivity contribution in [2.45, 2.75) is 24.8 Å². The molecule has 3 aromatic rings. The van der Waals surface area contributed by atoms with E-state index in [-0.39, 0.29) is 22.1 Å². The monoisotopic (exact) mass is 441 g/mol. The fraction of sp³-hybridized carbons (Fsp3) is 0.174. The van der Waals surface area contributed by atoms with Crippen molar-refractivity contribution in [2.24, 2.45) is 0 Å². The Morgan fingerprint density at radius 2 is 1.87 bits per heavy atom. The molecule has 0 amide bonds. The molecule has 1 aliphatic rings. The number of carbonyl (C=O) groups is 1. The van der Waals surface area contributed by atoms with Gasteiger partial charge in [0.1, 0.15) is 11.5 Å². The highest BCUT2D eigenvalue weighted by molar-refractivity contribution is 7.93. The number of ether oxygens (including phenoxy) is 1. The van der Waals surface area contributed by atoms with Gasteiger partial charge in [-0.05, 0) is 48.7 Å². The number of benzene rings is 3. The van der Waals surface area contributed by atoms with Crippen molar-refractivity contribution < 1.29 is 17.9 Å². The number of rotatable bonds is 5. The molecule has 0 bridgehead atoms. The van der Waals surface area contributed by atoms with Crippen LogP contribution in [0.2, 0.25) is 5.02 Å². The van der Waals surface area contributed by atoms with Crippen LogP contribution in [0.3, 0.4) is 0 Å². The van der Waals surface area contributed by atoms with Gasteiger partial charge in [0.05, 0.1) is 16.3 Å². The van der Waals surface area contributed by atoms with Crippen LogP contribution < -0.4 is 4.31 Å². The van der Waals surface area contributed by atoms with E-state index in [1.807, 2.05) is 43.3 Å². The summed E-state index contributed by atoms with van der Waals surface area (Å²) in [6.07, 6.45) is 0.630. The van der Waals surface area contributed by atoms with Gasteiger partial charge in [-0.2, -0.15) is 0 Å². The van der Waals surface area contributed by atoms with E-state index in [1.54, 1.807) is 12.1 Å². The molecule has 0 unspecified atom stereocenters. The summed E-state index contributed by atoms with van der Waals surface area (Å²) in [7, 11) is -3.92. The van der Waals surface area contributed by atoms with E-state index in [0.29, 0.717) is 18.7 Å². The van der Waals surface area contributed by atoms with Gasteiger partial charge >= 0.3 is 5.97 Å². The van der Waals surface area contributed by atoms with Crippen molar-refractivity contribution in [3.05, 3.63) is 94.0 Å². The van der Waals surface area contributed by atoms with Crippen LogP contribution in [0.4, 0.5) is 5.69 Å². The van der Waals surface area contributed by atoms with Gasteiger partial charge in [0.25, 0.3) is 10.0 Å². The first-order valence-electron chi connectivity index (χ1n) is 9.49. The molecule has 0 atom stereocenters. The number of halogens is 1. The summed E-state index contributed by atoms with van der Waals surface area (Å²) >= 11 is 6.22. The number of nitrogens with zero attached hydrogens (tertiary/aromatic N) is 1. The SMILES string of the molecule is Cc1cccc(COC(=O)c2ccc(Cl)c(S(=O)(=O)N3CCc4ccccc43)c2)c1. The second kappa shape index (κ2) is 8.13. The van der Waals surface area contributed by atoms with E-state index in [9.17, 15) is 13.2 Å². The van der Waals surface area contributed by atoms with Crippen LogP contribution >= 0.6 is 11.6 Å². The van der Waals surface area contributed by atoms with E-state index in [4.69, 9.17) is 16.3 Å². The van der Waals surface area contributed by atoms with Gasteiger partial charge < -0.3 is 4.74 Å². The number of aryl methyl sites for hydroxylation is 1. The van der Waals surface area contributed by atoms with Crippen molar-refractivity contribution in [1.82, 2.24) is 0 Å². The summed E-state index contributed by atoms with van der Waals surface area (Å²) in [6.45, 7) is 2.39. The Kier molecular flexibility index (Phi) is 5.54. The summed E-state index contributed by atoms with van der Waals surface area (Å²) < 4.78 is 33.3. The zero-order valence-electron chi connectivity index (χ0n) is 16.3. The molecule has 0 radical (unpaired) electrons. The lowest BCUT2D eigenvalue weighted by molar-refractivity contribution is 0.0472. The highest BCUT2D eigenvalue weighted by Gasteiger charge is 2.32. The Labute approximate surface area is 180 Å². The minimum Gasteiger partial charge on any atom is -0.457 e. The lowest BCUT2D eigenvalue weighted by Crippen LogP contribution is -2.29. The quantitative estimate of drug-likeness (QED) is 0.535. The number of esters is 1. The molecule has 0 saturated carbocycles. The van der Waals surface area contributed by atoms with Crippen LogP contribution in [0.1, 0.15) is 27.0 Å². The van der Waals surface area contributed by atoms with Crippen LogP contribution in [-0.4, -0.2) is 20.9 Å². The molecule has 5 nitrogen and oxygen atoms in total. The normalized spacial score (nSPS) is 13.2. The third-order valence-electron chi connectivity index (χ3n) is 5.03. The van der Waals surface area contributed by atoms with E-state index < -0.39 is 16.0 Å². The highest BCUT2D eigenvalue weighted by atomic mass is 35.5. The van der Waals surface area contributed by atoms with Crippen molar-refractivity contribution in [3.63, 3.8) is 0 Å². The van der Waals surface area contributed by atoms with Crippen LogP contribution in [-0.2, 0) is 27.8 Å². The topological polar surface area (TPSA) is 63.7 Å². The summed E-state index contributed by atoms with van der Waals surface area (Å²) in [5, 5.41) is 0.0645. The Morgan fingerprint density at radius 1 is 1.07 bits per heavy atom. The number of fused-ring (bicyclic) bond motifs is 1. The third kappa shape index (κ3) is 3.93. The molecule has 0 fully saturated rings. The molecule has 3 aromatic carbocycles. The first-order chi connectivity index (χ1) is 14.4. The molecule has 0 aromatic heterocycles. The van der Waals surface area contributed by atoms with Gasteiger partial charge in [0, 0.05) is 6.54 Å². The second-order valence-electron chi connectivity index (χ2n) is 7.17. The predicted octanol–water partition coefficient (Wildman–Crippen LogP) is 4.76. The predicted molar refractivity (Wildman–Crippen MR) is 116 cm³/mol. The summed E-state index contributed by atoms with van der Waals surface area (Å²) in [6, 6.07) is 19.2. The number of carbonyl (C=O) groups excluding carboxylic acids is 1.